The summed E-state index contributed by atoms with van der Waals surface area (Å²) in [6.07, 6.45) is 6.76. The van der Waals surface area contributed by atoms with Crippen LogP contribution in [0.25, 0.3) is 0 Å². The summed E-state index contributed by atoms with van der Waals surface area (Å²) < 4.78 is 0. The van der Waals surface area contributed by atoms with E-state index in [9.17, 15) is 0 Å². The quantitative estimate of drug-likeness (QED) is 0.295. The average molecular weight is 210 g/mol. The summed E-state index contributed by atoms with van der Waals surface area (Å²) in [6, 6.07) is 0.695. The molecule has 86 valence electrons. The van der Waals surface area contributed by atoms with E-state index in [1.165, 1.54) is 32.1 Å². The fraction of sp³-hybridized carbons (Fsp3) is 0.909. The molecule has 0 aromatic heterocycles. The minimum atomic E-state index is 0.695. The summed E-state index contributed by atoms with van der Waals surface area (Å²) in [5, 5.41) is 0. The van der Waals surface area contributed by atoms with Crippen LogP contribution in [0.1, 0.15) is 39.0 Å². The highest BCUT2D eigenvalue weighted by Gasteiger charge is 2.36. The third kappa shape index (κ3) is 2.09. The Morgan fingerprint density at radius 3 is 2.93 bits per heavy atom. The molecule has 2 rings (SSSR count). The third-order valence-electron chi connectivity index (χ3n) is 3.70. The van der Waals surface area contributed by atoms with Crippen molar-refractivity contribution < 1.29 is 0 Å². The molecule has 2 aliphatic rings. The zero-order valence-corrected chi connectivity index (χ0v) is 9.58. The summed E-state index contributed by atoms with van der Waals surface area (Å²) in [5.74, 6) is 7.33. The maximum Gasteiger partial charge on any atom is 0.208 e. The van der Waals surface area contributed by atoms with Gasteiger partial charge in [0.2, 0.25) is 5.96 Å². The second-order valence-corrected chi connectivity index (χ2v) is 4.54. The molecular weight excluding hydrogens is 188 g/mol. The van der Waals surface area contributed by atoms with Gasteiger partial charge in [-0.05, 0) is 38.5 Å². The lowest BCUT2D eigenvalue weighted by atomic mass is 9.92. The first-order valence-corrected chi connectivity index (χ1v) is 6.14. The molecule has 1 aliphatic heterocycles. The van der Waals surface area contributed by atoms with Crippen molar-refractivity contribution >= 4 is 5.96 Å². The van der Waals surface area contributed by atoms with Crippen LogP contribution in [-0.2, 0) is 0 Å². The summed E-state index contributed by atoms with van der Waals surface area (Å²) in [6.45, 7) is 3.96. The highest BCUT2D eigenvalue weighted by Crippen LogP contribution is 2.36. The molecule has 2 fully saturated rings. The molecule has 4 nitrogen and oxygen atoms in total. The predicted molar refractivity (Wildman–Crippen MR) is 62.4 cm³/mol. The van der Waals surface area contributed by atoms with Crippen LogP contribution in [0.2, 0.25) is 0 Å². The first-order chi connectivity index (χ1) is 7.36. The predicted octanol–water partition coefficient (Wildman–Crippen LogP) is 1.09. The topological polar surface area (TPSA) is 53.6 Å². The number of piperidine rings is 1. The number of hydrogen-bond acceptors (Lipinski definition) is 2. The van der Waals surface area contributed by atoms with Gasteiger partial charge >= 0.3 is 0 Å². The Bertz CT molecular complexity index is 239. The normalized spacial score (nSPS) is 31.6. The third-order valence-corrected chi connectivity index (χ3v) is 3.70. The molecule has 0 aromatic rings. The van der Waals surface area contributed by atoms with Gasteiger partial charge in [-0.1, -0.05) is 6.42 Å². The first-order valence-electron chi connectivity index (χ1n) is 6.14. The standard InChI is InChI=1S/C11H22N4/c1-2-13-11(14-12)15-8-4-6-9-5-3-7-10(9)15/h9-10H,2-8,12H2,1H3,(H,13,14). The maximum absolute atomic E-state index is 5.55. The van der Waals surface area contributed by atoms with Crippen molar-refractivity contribution in [1.82, 2.24) is 10.3 Å². The van der Waals surface area contributed by atoms with Crippen molar-refractivity contribution in [3.05, 3.63) is 0 Å². The van der Waals surface area contributed by atoms with E-state index >= 15 is 0 Å². The van der Waals surface area contributed by atoms with E-state index < -0.39 is 0 Å². The molecule has 0 aromatic carbocycles. The van der Waals surface area contributed by atoms with Crippen molar-refractivity contribution in [2.45, 2.75) is 45.1 Å². The van der Waals surface area contributed by atoms with E-state index in [-0.39, 0.29) is 0 Å². The second-order valence-electron chi connectivity index (χ2n) is 4.54. The summed E-state index contributed by atoms with van der Waals surface area (Å²) in [7, 11) is 0. The van der Waals surface area contributed by atoms with Gasteiger partial charge in [-0.3, -0.25) is 10.4 Å². The molecule has 0 bridgehead atoms. The van der Waals surface area contributed by atoms with Gasteiger partial charge in [0.1, 0.15) is 0 Å². The van der Waals surface area contributed by atoms with Crippen LogP contribution >= 0.6 is 0 Å². The number of hydrazine groups is 1. The van der Waals surface area contributed by atoms with E-state index in [0.717, 1.165) is 25.0 Å². The SMILES string of the molecule is CCN=C(NN)N1CCCC2CCCC21. The van der Waals surface area contributed by atoms with Crippen molar-refractivity contribution in [3.8, 4) is 0 Å². The molecule has 2 unspecified atom stereocenters. The monoisotopic (exact) mass is 210 g/mol. The fourth-order valence-electron chi connectivity index (χ4n) is 3.09. The fourth-order valence-corrected chi connectivity index (χ4v) is 3.09. The van der Waals surface area contributed by atoms with Crippen molar-refractivity contribution in [2.24, 2.45) is 16.8 Å². The Morgan fingerprint density at radius 1 is 1.40 bits per heavy atom. The zero-order valence-electron chi connectivity index (χ0n) is 9.58. The van der Waals surface area contributed by atoms with Crippen LogP contribution in [0, 0.1) is 5.92 Å². The van der Waals surface area contributed by atoms with Crippen LogP contribution in [-0.4, -0.2) is 30.0 Å². The van der Waals surface area contributed by atoms with E-state index in [2.05, 4.69) is 15.3 Å². The van der Waals surface area contributed by atoms with Gasteiger partial charge in [-0.25, -0.2) is 5.84 Å². The molecule has 3 N–H and O–H groups in total. The molecule has 0 spiro atoms. The van der Waals surface area contributed by atoms with Crippen LogP contribution in [0.15, 0.2) is 4.99 Å². The van der Waals surface area contributed by atoms with E-state index in [0.29, 0.717) is 6.04 Å². The van der Waals surface area contributed by atoms with Gasteiger partial charge in [-0.2, -0.15) is 0 Å². The van der Waals surface area contributed by atoms with Crippen molar-refractivity contribution in [2.75, 3.05) is 13.1 Å². The number of nitrogens with zero attached hydrogens (tertiary/aromatic N) is 2. The Kier molecular flexibility index (Phi) is 3.46. The van der Waals surface area contributed by atoms with E-state index in [1.807, 2.05) is 6.92 Å². The largest absolute Gasteiger partial charge is 0.339 e. The van der Waals surface area contributed by atoms with Crippen LogP contribution in [0.5, 0.6) is 0 Å². The number of likely N-dealkylation sites (tertiary alicyclic amines) is 1. The van der Waals surface area contributed by atoms with Crippen molar-refractivity contribution in [1.29, 1.82) is 0 Å². The molecule has 15 heavy (non-hydrogen) atoms. The molecular formula is C11H22N4. The Hall–Kier alpha value is -0.770. The van der Waals surface area contributed by atoms with Crippen LogP contribution in [0.4, 0.5) is 0 Å². The lowest BCUT2D eigenvalue weighted by Gasteiger charge is -2.39. The van der Waals surface area contributed by atoms with E-state index in [4.69, 9.17) is 5.84 Å². The van der Waals surface area contributed by atoms with Crippen LogP contribution in [0.3, 0.4) is 0 Å². The summed E-state index contributed by atoms with van der Waals surface area (Å²) in [5.41, 5.74) is 2.76. The van der Waals surface area contributed by atoms with Crippen LogP contribution < -0.4 is 11.3 Å². The van der Waals surface area contributed by atoms with Gasteiger partial charge in [0.15, 0.2) is 0 Å². The number of rotatable bonds is 1. The maximum atomic E-state index is 5.55. The Labute approximate surface area is 91.9 Å². The molecule has 2 atom stereocenters. The molecule has 1 saturated heterocycles. The second kappa shape index (κ2) is 4.84. The number of fused-ring (bicyclic) bond motifs is 1. The number of aliphatic imine (C=N–C) groups is 1. The van der Waals surface area contributed by atoms with Gasteiger partial charge in [0.05, 0.1) is 0 Å². The number of nitrogens with one attached hydrogen (secondary N) is 1. The van der Waals surface area contributed by atoms with Gasteiger partial charge < -0.3 is 4.90 Å². The molecule has 0 radical (unpaired) electrons. The summed E-state index contributed by atoms with van der Waals surface area (Å²) in [4.78, 5) is 6.83. The molecule has 1 saturated carbocycles. The smallest absolute Gasteiger partial charge is 0.208 e. The number of nitrogens with two attached hydrogens (primary N) is 1. The van der Waals surface area contributed by atoms with Crippen molar-refractivity contribution in [3.63, 3.8) is 0 Å². The zero-order chi connectivity index (χ0) is 10.7. The summed E-state index contributed by atoms with van der Waals surface area (Å²) >= 11 is 0. The van der Waals surface area contributed by atoms with E-state index in [1.54, 1.807) is 0 Å². The van der Waals surface area contributed by atoms with Gasteiger partial charge in [-0.15, -0.1) is 0 Å². The molecule has 0 amide bonds. The molecule has 1 aliphatic carbocycles. The highest BCUT2D eigenvalue weighted by molar-refractivity contribution is 5.79. The van der Waals surface area contributed by atoms with Gasteiger partial charge in [0, 0.05) is 19.1 Å². The highest BCUT2D eigenvalue weighted by atomic mass is 15.4. The minimum absolute atomic E-state index is 0.695. The number of guanidine groups is 1. The first kappa shape index (κ1) is 10.7. The average Bonchev–Trinajstić information content (AvgIpc) is 2.73. The molecule has 1 heterocycles. The number of hydrogen-bond donors (Lipinski definition) is 2. The minimum Gasteiger partial charge on any atom is -0.339 e. The van der Waals surface area contributed by atoms with Gasteiger partial charge in [0.25, 0.3) is 0 Å². The lowest BCUT2D eigenvalue weighted by molar-refractivity contribution is 0.185. The Morgan fingerprint density at radius 2 is 2.20 bits per heavy atom. The molecule has 4 heteroatoms. The lowest BCUT2D eigenvalue weighted by Crippen LogP contribution is -2.53. The Balaban J connectivity index is 2.09.